The third-order valence-corrected chi connectivity index (χ3v) is 4.92. The van der Waals surface area contributed by atoms with Gasteiger partial charge in [-0.05, 0) is 36.2 Å². The lowest BCUT2D eigenvalue weighted by atomic mass is 10.2. The molecule has 28 heavy (non-hydrogen) atoms. The van der Waals surface area contributed by atoms with Crippen LogP contribution in [0.4, 0.5) is 5.69 Å². The van der Waals surface area contributed by atoms with Crippen LogP contribution in [-0.4, -0.2) is 15.0 Å². The molecule has 3 rings (SSSR count). The molecule has 0 aliphatic rings. The lowest BCUT2D eigenvalue weighted by molar-refractivity contribution is -0.116. The highest BCUT2D eigenvalue weighted by Gasteiger charge is 2.16. The number of hydrogen-bond acceptors (Lipinski definition) is 3. The van der Waals surface area contributed by atoms with E-state index in [1.54, 1.807) is 36.4 Å². The van der Waals surface area contributed by atoms with Gasteiger partial charge in [-0.2, -0.15) is 0 Å². The van der Waals surface area contributed by atoms with Crippen LogP contribution in [0.2, 0.25) is 10.0 Å². The van der Waals surface area contributed by atoms with E-state index < -0.39 is 11.6 Å². The molecule has 6 nitrogen and oxygen atoms in total. The number of para-hydroxylation sites is 1. The molecule has 0 saturated heterocycles. The minimum absolute atomic E-state index is 0.102. The van der Waals surface area contributed by atoms with Crippen molar-refractivity contribution in [2.24, 2.45) is 5.92 Å². The average molecular weight is 420 g/mol. The molecule has 8 heteroatoms. The number of fused-ring (bicyclic) bond motifs is 1. The third-order valence-electron chi connectivity index (χ3n) is 4.19. The Labute approximate surface area is 171 Å². The van der Waals surface area contributed by atoms with Crippen LogP contribution >= 0.6 is 23.2 Å². The van der Waals surface area contributed by atoms with Crippen LogP contribution in [-0.2, 0) is 17.9 Å². The second-order valence-corrected chi connectivity index (χ2v) is 7.69. The Morgan fingerprint density at radius 2 is 1.75 bits per heavy atom. The van der Waals surface area contributed by atoms with Crippen molar-refractivity contribution in [3.63, 3.8) is 0 Å². The number of nitrogens with one attached hydrogen (secondary N) is 1. The van der Waals surface area contributed by atoms with Crippen molar-refractivity contribution in [3.8, 4) is 0 Å². The fraction of sp³-hybridized carbons (Fsp3) is 0.250. The summed E-state index contributed by atoms with van der Waals surface area (Å²) in [5.74, 6) is -0.314. The number of halogens is 2. The zero-order chi connectivity index (χ0) is 20.4. The largest absolute Gasteiger partial charge is 0.331 e. The third kappa shape index (κ3) is 4.13. The van der Waals surface area contributed by atoms with E-state index in [-0.39, 0.29) is 24.6 Å². The van der Waals surface area contributed by atoms with E-state index >= 15 is 0 Å². The average Bonchev–Trinajstić information content (AvgIpc) is 2.65. The number of benzene rings is 2. The van der Waals surface area contributed by atoms with Crippen molar-refractivity contribution >= 4 is 45.7 Å². The number of aromatic nitrogens is 2. The lowest BCUT2D eigenvalue weighted by Gasteiger charge is -2.15. The minimum atomic E-state index is -0.512. The van der Waals surface area contributed by atoms with Gasteiger partial charge in [0, 0.05) is 12.2 Å². The Morgan fingerprint density at radius 1 is 1.04 bits per heavy atom. The summed E-state index contributed by atoms with van der Waals surface area (Å²) in [5.41, 5.74) is 0.0196. The molecular weight excluding hydrogens is 401 g/mol. The van der Waals surface area contributed by atoms with Crippen LogP contribution in [0.1, 0.15) is 13.8 Å². The van der Waals surface area contributed by atoms with E-state index in [2.05, 4.69) is 5.32 Å². The fourth-order valence-electron chi connectivity index (χ4n) is 2.97. The molecule has 0 saturated carbocycles. The van der Waals surface area contributed by atoms with Crippen molar-refractivity contribution in [1.82, 2.24) is 9.13 Å². The summed E-state index contributed by atoms with van der Waals surface area (Å²) in [6, 6.07) is 11.5. The van der Waals surface area contributed by atoms with Crippen LogP contribution < -0.4 is 16.6 Å². The van der Waals surface area contributed by atoms with Crippen molar-refractivity contribution in [1.29, 1.82) is 0 Å². The quantitative estimate of drug-likeness (QED) is 0.683. The Bertz CT molecular complexity index is 1170. The maximum atomic E-state index is 12.9. The van der Waals surface area contributed by atoms with Gasteiger partial charge in [0.25, 0.3) is 5.56 Å². The Hall–Kier alpha value is -2.57. The molecule has 0 bridgehead atoms. The van der Waals surface area contributed by atoms with Gasteiger partial charge in [0.1, 0.15) is 6.54 Å². The van der Waals surface area contributed by atoms with E-state index in [1.807, 2.05) is 13.8 Å². The van der Waals surface area contributed by atoms with Crippen LogP contribution in [0.15, 0.2) is 52.1 Å². The SMILES string of the molecule is CC(C)Cn1c(=O)c2ccccc2n(CC(=O)Nc2ccc(Cl)c(Cl)c2)c1=O. The molecule has 146 valence electrons. The molecule has 1 aromatic heterocycles. The number of rotatable bonds is 5. The molecule has 0 aliphatic carbocycles. The predicted molar refractivity (Wildman–Crippen MR) is 112 cm³/mol. The molecule has 0 radical (unpaired) electrons. The summed E-state index contributed by atoms with van der Waals surface area (Å²) in [5, 5.41) is 3.78. The van der Waals surface area contributed by atoms with Gasteiger partial charge in [-0.1, -0.05) is 49.2 Å². The van der Waals surface area contributed by atoms with E-state index in [0.717, 1.165) is 0 Å². The second-order valence-electron chi connectivity index (χ2n) is 6.87. The number of nitrogens with zero attached hydrogens (tertiary/aromatic N) is 2. The first-order valence-electron chi connectivity index (χ1n) is 8.75. The Morgan fingerprint density at radius 3 is 2.43 bits per heavy atom. The molecular formula is C20H19Cl2N3O3. The van der Waals surface area contributed by atoms with Crippen LogP contribution in [0, 0.1) is 5.92 Å². The molecule has 2 aromatic carbocycles. The van der Waals surface area contributed by atoms with Crippen LogP contribution in [0.3, 0.4) is 0 Å². The maximum absolute atomic E-state index is 12.9. The number of carbonyl (C=O) groups excluding carboxylic acids is 1. The molecule has 0 atom stereocenters. The van der Waals surface area contributed by atoms with Gasteiger partial charge in [-0.3, -0.25) is 18.7 Å². The van der Waals surface area contributed by atoms with Gasteiger partial charge >= 0.3 is 5.69 Å². The molecule has 0 aliphatic heterocycles. The van der Waals surface area contributed by atoms with Gasteiger partial charge < -0.3 is 5.32 Å². The second kappa shape index (κ2) is 8.20. The number of anilines is 1. The maximum Gasteiger partial charge on any atom is 0.331 e. The van der Waals surface area contributed by atoms with Crippen molar-refractivity contribution < 1.29 is 4.79 Å². The van der Waals surface area contributed by atoms with Gasteiger partial charge in [-0.15, -0.1) is 0 Å². The van der Waals surface area contributed by atoms with Gasteiger partial charge in [0.05, 0.1) is 20.9 Å². The first-order chi connectivity index (χ1) is 13.3. The molecule has 1 N–H and O–H groups in total. The van der Waals surface area contributed by atoms with Crippen LogP contribution in [0.5, 0.6) is 0 Å². The van der Waals surface area contributed by atoms with Crippen molar-refractivity contribution in [3.05, 3.63) is 73.3 Å². The molecule has 0 fully saturated rings. The van der Waals surface area contributed by atoms with E-state index in [4.69, 9.17) is 23.2 Å². The number of amides is 1. The summed E-state index contributed by atoms with van der Waals surface area (Å²) >= 11 is 11.9. The number of hydrogen-bond donors (Lipinski definition) is 1. The van der Waals surface area contributed by atoms with Crippen molar-refractivity contribution in [2.45, 2.75) is 26.9 Å². The monoisotopic (exact) mass is 419 g/mol. The van der Waals surface area contributed by atoms with E-state index in [1.165, 1.54) is 15.2 Å². The Kier molecular flexibility index (Phi) is 5.91. The molecule has 1 heterocycles. The lowest BCUT2D eigenvalue weighted by Crippen LogP contribution is -2.42. The standard InChI is InChI=1S/C20H19Cl2N3O3/c1-12(2)10-25-19(27)14-5-3-4-6-17(14)24(20(25)28)11-18(26)23-13-7-8-15(21)16(22)9-13/h3-9,12H,10-11H2,1-2H3,(H,23,26). The first kappa shape index (κ1) is 20.2. The number of carbonyl (C=O) groups is 1. The van der Waals surface area contributed by atoms with E-state index in [0.29, 0.717) is 26.6 Å². The summed E-state index contributed by atoms with van der Waals surface area (Å²) in [7, 11) is 0. The predicted octanol–water partition coefficient (Wildman–Crippen LogP) is 3.76. The molecule has 0 unspecified atom stereocenters. The van der Waals surface area contributed by atoms with E-state index in [9.17, 15) is 14.4 Å². The fourth-order valence-corrected chi connectivity index (χ4v) is 3.27. The van der Waals surface area contributed by atoms with Gasteiger partial charge in [0.2, 0.25) is 5.91 Å². The normalized spacial score (nSPS) is 11.2. The smallest absolute Gasteiger partial charge is 0.324 e. The molecule has 1 amide bonds. The Balaban J connectivity index is 2.02. The highest BCUT2D eigenvalue weighted by atomic mass is 35.5. The summed E-state index contributed by atoms with van der Waals surface area (Å²) in [6.07, 6.45) is 0. The zero-order valence-corrected chi connectivity index (χ0v) is 16.9. The zero-order valence-electron chi connectivity index (χ0n) is 15.4. The minimum Gasteiger partial charge on any atom is -0.324 e. The highest BCUT2D eigenvalue weighted by Crippen LogP contribution is 2.25. The molecule has 3 aromatic rings. The van der Waals surface area contributed by atoms with Gasteiger partial charge in [0.15, 0.2) is 0 Å². The molecule has 0 spiro atoms. The summed E-state index contributed by atoms with van der Waals surface area (Å²) in [4.78, 5) is 38.2. The topological polar surface area (TPSA) is 73.1 Å². The van der Waals surface area contributed by atoms with Gasteiger partial charge in [-0.25, -0.2) is 4.79 Å². The summed E-state index contributed by atoms with van der Waals surface area (Å²) in [6.45, 7) is 3.87. The first-order valence-corrected chi connectivity index (χ1v) is 9.51. The van der Waals surface area contributed by atoms with Crippen molar-refractivity contribution in [2.75, 3.05) is 5.32 Å². The highest BCUT2D eigenvalue weighted by molar-refractivity contribution is 6.42. The van der Waals surface area contributed by atoms with Crippen LogP contribution in [0.25, 0.3) is 10.9 Å². The summed E-state index contributed by atoms with van der Waals surface area (Å²) < 4.78 is 2.49.